The van der Waals surface area contributed by atoms with Gasteiger partial charge in [-0.15, -0.1) is 0 Å². The van der Waals surface area contributed by atoms with E-state index in [1.54, 1.807) is 0 Å². The first kappa shape index (κ1) is 25.9. The lowest BCUT2D eigenvalue weighted by Crippen LogP contribution is -2.13. The molecule has 3 rings (SSSR count). The molecule has 0 aliphatic rings. The van der Waals surface area contributed by atoms with Gasteiger partial charge in [0.05, 0.1) is 6.61 Å². The van der Waals surface area contributed by atoms with Gasteiger partial charge < -0.3 is 8.92 Å². The number of carbonyl (C=O) groups is 1. The lowest BCUT2D eigenvalue weighted by molar-refractivity contribution is -0.133. The van der Waals surface area contributed by atoms with Gasteiger partial charge >= 0.3 is 5.97 Å². The van der Waals surface area contributed by atoms with E-state index in [-0.39, 0.29) is 5.97 Å². The predicted molar refractivity (Wildman–Crippen MR) is 142 cm³/mol. The number of benzene rings is 3. The van der Waals surface area contributed by atoms with E-state index in [2.05, 4.69) is 43.3 Å². The fourth-order valence-corrected chi connectivity index (χ4v) is 7.05. The summed E-state index contributed by atoms with van der Waals surface area (Å²) in [6.07, 6.45) is 9.19. The second-order valence-corrected chi connectivity index (χ2v) is 11.1. The molecule has 0 saturated carbocycles. The van der Waals surface area contributed by atoms with Gasteiger partial charge in [-0.1, -0.05) is 88.8 Å². The molecule has 0 heterocycles. The fourth-order valence-electron chi connectivity index (χ4n) is 3.95. The van der Waals surface area contributed by atoms with Gasteiger partial charge in [-0.25, -0.2) is 0 Å². The summed E-state index contributed by atoms with van der Waals surface area (Å²) in [6.45, 7) is 4.81. The molecule has 0 spiro atoms. The molecule has 0 aromatic heterocycles. The molecule has 0 radical (unpaired) electrons. The molecule has 0 aliphatic heterocycles. The summed E-state index contributed by atoms with van der Waals surface area (Å²) in [6, 6.07) is 28.3. The maximum atomic E-state index is 12.7. The first-order valence-electron chi connectivity index (χ1n) is 12.6. The summed E-state index contributed by atoms with van der Waals surface area (Å²) < 4.78 is 12.4. The van der Waals surface area contributed by atoms with Crippen LogP contribution in [0.5, 0.6) is 5.75 Å². The summed E-state index contributed by atoms with van der Waals surface area (Å²) in [7, 11) is -2.21. The Hall–Kier alpha value is -2.72. The summed E-state index contributed by atoms with van der Waals surface area (Å²) >= 11 is 0. The van der Waals surface area contributed by atoms with Crippen LogP contribution < -0.4 is 4.74 Å². The monoisotopic (exact) mass is 478 g/mol. The van der Waals surface area contributed by atoms with Crippen LogP contribution in [0.2, 0.25) is 0 Å². The van der Waals surface area contributed by atoms with E-state index in [4.69, 9.17) is 8.92 Å². The molecular formula is C30H38O3S. The highest BCUT2D eigenvalue weighted by Gasteiger charge is 2.35. The molecule has 182 valence electrons. The van der Waals surface area contributed by atoms with Crippen molar-refractivity contribution in [3.63, 3.8) is 0 Å². The third-order valence-corrected chi connectivity index (χ3v) is 9.07. The molecule has 0 amide bonds. The van der Waals surface area contributed by atoms with Crippen LogP contribution in [0.3, 0.4) is 0 Å². The minimum atomic E-state index is -2.21. The Morgan fingerprint density at radius 1 is 0.647 bits per heavy atom. The molecule has 0 N–H and O–H groups in total. The molecule has 4 heteroatoms. The van der Waals surface area contributed by atoms with Gasteiger partial charge in [-0.2, -0.15) is 0 Å². The lowest BCUT2D eigenvalue weighted by atomic mass is 10.1. The van der Waals surface area contributed by atoms with E-state index in [1.165, 1.54) is 38.5 Å². The average molecular weight is 479 g/mol. The standard InChI is InChI=1S/C30H38O3S/c1-3-5-6-7-8-9-16-25-32-26-21-23-29(24-22-26)34(33-30(31)4-2,27-17-12-10-13-18-27)28-19-14-11-15-20-28/h10-15,17-24H,3-9,16,25H2,1-2H3. The molecule has 3 aromatic carbocycles. The van der Waals surface area contributed by atoms with Crippen molar-refractivity contribution in [2.45, 2.75) is 79.9 Å². The van der Waals surface area contributed by atoms with E-state index in [0.717, 1.165) is 33.5 Å². The van der Waals surface area contributed by atoms with Crippen molar-refractivity contribution in [2.24, 2.45) is 0 Å². The molecule has 0 saturated heterocycles. The number of hydrogen-bond donors (Lipinski definition) is 0. The van der Waals surface area contributed by atoms with Crippen molar-refractivity contribution in [3.05, 3.63) is 84.9 Å². The Kier molecular flexibility index (Phi) is 10.6. The van der Waals surface area contributed by atoms with Crippen LogP contribution in [0, 0.1) is 0 Å². The second kappa shape index (κ2) is 13.9. The summed E-state index contributed by atoms with van der Waals surface area (Å²) in [5.41, 5.74) is 0. The third-order valence-electron chi connectivity index (χ3n) is 5.83. The zero-order valence-corrected chi connectivity index (χ0v) is 21.4. The largest absolute Gasteiger partial charge is 0.494 e. The van der Waals surface area contributed by atoms with E-state index in [0.29, 0.717) is 6.42 Å². The Balaban J connectivity index is 1.80. The van der Waals surface area contributed by atoms with Gasteiger partial charge in [0.25, 0.3) is 0 Å². The first-order chi connectivity index (χ1) is 16.7. The topological polar surface area (TPSA) is 35.5 Å². The van der Waals surface area contributed by atoms with Crippen LogP contribution in [0.15, 0.2) is 99.6 Å². The lowest BCUT2D eigenvalue weighted by Gasteiger charge is -2.39. The number of carbonyl (C=O) groups excluding carboxylic acids is 1. The highest BCUT2D eigenvalue weighted by Crippen LogP contribution is 2.69. The molecule has 0 aliphatic carbocycles. The van der Waals surface area contributed by atoms with Crippen molar-refractivity contribution in [1.82, 2.24) is 0 Å². The molecule has 3 aromatic rings. The van der Waals surface area contributed by atoms with Crippen LogP contribution >= 0.6 is 10.3 Å². The minimum absolute atomic E-state index is 0.207. The zero-order valence-electron chi connectivity index (χ0n) is 20.6. The molecule has 0 bridgehead atoms. The zero-order chi connectivity index (χ0) is 24.1. The second-order valence-electron chi connectivity index (χ2n) is 8.43. The summed E-state index contributed by atoms with van der Waals surface area (Å²) in [5.74, 6) is 0.646. The Morgan fingerprint density at radius 2 is 1.15 bits per heavy atom. The summed E-state index contributed by atoms with van der Waals surface area (Å²) in [4.78, 5) is 15.7. The van der Waals surface area contributed by atoms with Crippen molar-refractivity contribution < 1.29 is 13.7 Å². The van der Waals surface area contributed by atoms with Crippen LogP contribution in [-0.2, 0) is 8.98 Å². The van der Waals surface area contributed by atoms with Crippen LogP contribution in [0.1, 0.15) is 65.2 Å². The van der Waals surface area contributed by atoms with E-state index in [9.17, 15) is 4.79 Å². The van der Waals surface area contributed by atoms with E-state index < -0.39 is 10.3 Å². The van der Waals surface area contributed by atoms with Crippen molar-refractivity contribution in [1.29, 1.82) is 0 Å². The van der Waals surface area contributed by atoms with Gasteiger partial charge in [-0.3, -0.25) is 4.79 Å². The highest BCUT2D eigenvalue weighted by molar-refractivity contribution is 8.30. The van der Waals surface area contributed by atoms with Crippen molar-refractivity contribution >= 4 is 16.3 Å². The Bertz CT molecular complexity index is 931. The van der Waals surface area contributed by atoms with Gasteiger partial charge in [0.2, 0.25) is 0 Å². The molecule has 0 atom stereocenters. The number of ether oxygens (including phenoxy) is 1. The average Bonchev–Trinajstić information content (AvgIpc) is 2.90. The Labute approximate surface area is 207 Å². The number of rotatable bonds is 14. The van der Waals surface area contributed by atoms with Crippen LogP contribution in [-0.4, -0.2) is 12.6 Å². The highest BCUT2D eigenvalue weighted by atomic mass is 32.3. The molecule has 0 fully saturated rings. The normalized spacial score (nSPS) is 11.7. The quantitative estimate of drug-likeness (QED) is 0.217. The molecule has 34 heavy (non-hydrogen) atoms. The van der Waals surface area contributed by atoms with Crippen molar-refractivity contribution in [3.8, 4) is 5.75 Å². The third kappa shape index (κ3) is 6.89. The molecular weight excluding hydrogens is 440 g/mol. The maximum Gasteiger partial charge on any atom is 0.316 e. The number of hydrogen-bond acceptors (Lipinski definition) is 3. The maximum absolute atomic E-state index is 12.7. The molecule has 3 nitrogen and oxygen atoms in total. The van der Waals surface area contributed by atoms with Crippen molar-refractivity contribution in [2.75, 3.05) is 6.61 Å². The van der Waals surface area contributed by atoms with Gasteiger partial charge in [0.1, 0.15) is 5.75 Å². The SMILES string of the molecule is CCCCCCCCCOc1ccc(S(OC(=O)CC)(c2ccccc2)c2ccccc2)cc1. The van der Waals surface area contributed by atoms with Gasteiger partial charge in [0, 0.05) is 21.1 Å². The minimum Gasteiger partial charge on any atom is -0.494 e. The fraction of sp³-hybridized carbons (Fsp3) is 0.367. The smallest absolute Gasteiger partial charge is 0.316 e. The Morgan fingerprint density at radius 3 is 1.68 bits per heavy atom. The van der Waals surface area contributed by atoms with Gasteiger partial charge in [-0.05, 0) is 65.3 Å². The molecule has 0 unspecified atom stereocenters. The number of unbranched alkanes of at least 4 members (excludes halogenated alkanes) is 6. The van der Waals surface area contributed by atoms with Crippen LogP contribution in [0.25, 0.3) is 0 Å². The summed E-state index contributed by atoms with van der Waals surface area (Å²) in [5, 5.41) is 0. The van der Waals surface area contributed by atoms with E-state index in [1.807, 2.05) is 55.5 Å². The van der Waals surface area contributed by atoms with E-state index >= 15 is 0 Å². The van der Waals surface area contributed by atoms with Crippen LogP contribution in [0.4, 0.5) is 0 Å². The first-order valence-corrected chi connectivity index (χ1v) is 14.1. The predicted octanol–water partition coefficient (Wildman–Crippen LogP) is 8.97. The van der Waals surface area contributed by atoms with Gasteiger partial charge in [0.15, 0.2) is 0 Å².